The van der Waals surface area contributed by atoms with Crippen LogP contribution in [0.15, 0.2) is 23.1 Å². The zero-order valence-electron chi connectivity index (χ0n) is 14.6. The van der Waals surface area contributed by atoms with Gasteiger partial charge in [0.05, 0.1) is 0 Å². The molecule has 2 amide bonds. The Labute approximate surface area is 156 Å². The molecule has 0 saturated carbocycles. The predicted molar refractivity (Wildman–Crippen MR) is 92.6 cm³/mol. The number of nitrogens with zero attached hydrogens (tertiary/aromatic N) is 2. The first-order valence-electron chi connectivity index (χ1n) is 8.50. The molecule has 1 aromatic rings. The molecule has 0 saturated heterocycles. The van der Waals surface area contributed by atoms with Crippen LogP contribution in [0.2, 0.25) is 0 Å². The minimum absolute atomic E-state index is 0.128. The molecule has 1 aliphatic rings. The van der Waals surface area contributed by atoms with Gasteiger partial charge in [0.15, 0.2) is 4.90 Å². The topological polar surface area (TPSA) is 146 Å². The van der Waals surface area contributed by atoms with Gasteiger partial charge in [-0.05, 0) is 19.3 Å². The molecule has 1 aromatic heterocycles. The van der Waals surface area contributed by atoms with Crippen LogP contribution in [0.25, 0.3) is 0 Å². The first-order valence-corrected chi connectivity index (χ1v) is 9.94. The van der Waals surface area contributed by atoms with Crippen molar-refractivity contribution in [2.75, 3.05) is 13.2 Å². The number of hydrogen-bond donors (Lipinski definition) is 3. The summed E-state index contributed by atoms with van der Waals surface area (Å²) >= 11 is 0. The Morgan fingerprint density at radius 3 is 2.04 bits per heavy atom. The molecule has 0 aliphatic carbocycles. The van der Waals surface area contributed by atoms with Gasteiger partial charge >= 0.3 is 0 Å². The molecular weight excluding hydrogens is 380 g/mol. The van der Waals surface area contributed by atoms with Crippen molar-refractivity contribution in [1.82, 2.24) is 9.63 Å². The van der Waals surface area contributed by atoms with E-state index in [1.54, 1.807) is 0 Å². The molecule has 10 nitrogen and oxygen atoms in total. The van der Waals surface area contributed by atoms with Gasteiger partial charge in [0.2, 0.25) is 5.88 Å². The SMILES string of the molecule is O=C1C=CC(=O)N1CCCCCCCCOn1c(O)cc(S(=O)(=O)O)c1O. The number of carbonyl (C=O) groups is 2. The summed E-state index contributed by atoms with van der Waals surface area (Å²) in [6.45, 7) is 0.541. The Bertz CT molecular complexity index is 810. The summed E-state index contributed by atoms with van der Waals surface area (Å²) in [7, 11) is -4.66. The van der Waals surface area contributed by atoms with E-state index in [1.807, 2.05) is 0 Å². The summed E-state index contributed by atoms with van der Waals surface area (Å²) in [5.74, 6) is -2.08. The molecule has 0 atom stereocenters. The smallest absolute Gasteiger partial charge is 0.300 e. The molecule has 0 aromatic carbocycles. The summed E-state index contributed by atoms with van der Waals surface area (Å²) < 4.78 is 31.5. The molecule has 2 heterocycles. The fraction of sp³-hybridized carbons (Fsp3) is 0.500. The van der Waals surface area contributed by atoms with E-state index < -0.39 is 26.8 Å². The van der Waals surface area contributed by atoms with Crippen LogP contribution in [-0.4, -0.2) is 57.8 Å². The summed E-state index contributed by atoms with van der Waals surface area (Å²) in [6.07, 6.45) is 7.35. The van der Waals surface area contributed by atoms with Gasteiger partial charge in [-0.2, -0.15) is 8.42 Å². The second kappa shape index (κ2) is 8.91. The van der Waals surface area contributed by atoms with Crippen molar-refractivity contribution in [1.29, 1.82) is 0 Å². The van der Waals surface area contributed by atoms with E-state index in [2.05, 4.69) is 0 Å². The monoisotopic (exact) mass is 402 g/mol. The average Bonchev–Trinajstić information content (AvgIpc) is 3.06. The maximum atomic E-state index is 11.4. The largest absolute Gasteiger partial charge is 0.492 e. The van der Waals surface area contributed by atoms with E-state index >= 15 is 0 Å². The summed E-state index contributed by atoms with van der Waals surface area (Å²) in [5.41, 5.74) is 0. The highest BCUT2D eigenvalue weighted by atomic mass is 32.2. The highest BCUT2D eigenvalue weighted by molar-refractivity contribution is 7.86. The van der Waals surface area contributed by atoms with Gasteiger partial charge in [-0.25, -0.2) is 0 Å². The van der Waals surface area contributed by atoms with E-state index in [-0.39, 0.29) is 18.4 Å². The van der Waals surface area contributed by atoms with Crippen LogP contribution >= 0.6 is 0 Å². The lowest BCUT2D eigenvalue weighted by molar-refractivity contribution is -0.136. The number of rotatable bonds is 11. The summed E-state index contributed by atoms with van der Waals surface area (Å²) in [6, 6.07) is 0.691. The fourth-order valence-corrected chi connectivity index (χ4v) is 3.22. The lowest BCUT2D eigenvalue weighted by Crippen LogP contribution is -2.30. The molecule has 11 heteroatoms. The van der Waals surface area contributed by atoms with E-state index in [9.17, 15) is 28.2 Å². The van der Waals surface area contributed by atoms with Crippen molar-refractivity contribution < 1.29 is 37.6 Å². The van der Waals surface area contributed by atoms with Crippen LogP contribution < -0.4 is 4.84 Å². The average molecular weight is 402 g/mol. The summed E-state index contributed by atoms with van der Waals surface area (Å²) in [4.78, 5) is 28.2. The predicted octanol–water partition coefficient (Wildman–Crippen LogP) is 0.840. The van der Waals surface area contributed by atoms with E-state index in [1.165, 1.54) is 17.1 Å². The van der Waals surface area contributed by atoms with Gasteiger partial charge in [0, 0.05) is 24.8 Å². The molecule has 0 fully saturated rings. The van der Waals surface area contributed by atoms with Crippen LogP contribution in [0, 0.1) is 0 Å². The zero-order valence-corrected chi connectivity index (χ0v) is 15.4. The van der Waals surface area contributed by atoms with Gasteiger partial charge in [-0.3, -0.25) is 19.0 Å². The molecule has 1 aliphatic heterocycles. The molecule has 2 rings (SSSR count). The lowest BCUT2D eigenvalue weighted by atomic mass is 10.1. The lowest BCUT2D eigenvalue weighted by Gasteiger charge is -2.13. The van der Waals surface area contributed by atoms with Crippen LogP contribution in [0.3, 0.4) is 0 Å². The van der Waals surface area contributed by atoms with Crippen LogP contribution in [0.5, 0.6) is 11.8 Å². The van der Waals surface area contributed by atoms with Crippen molar-refractivity contribution >= 4 is 21.9 Å². The molecule has 0 bridgehead atoms. The quantitative estimate of drug-likeness (QED) is 0.280. The first-order chi connectivity index (χ1) is 12.7. The molecule has 150 valence electrons. The van der Waals surface area contributed by atoms with Gasteiger partial charge < -0.3 is 15.1 Å². The molecule has 0 spiro atoms. The molecular formula is C16H22N2O8S. The van der Waals surface area contributed by atoms with E-state index in [4.69, 9.17) is 9.39 Å². The minimum atomic E-state index is -4.66. The van der Waals surface area contributed by atoms with Gasteiger partial charge in [-0.15, -0.1) is 4.73 Å². The first kappa shape index (κ1) is 20.8. The number of unbranched alkanes of at least 4 members (excludes halogenated alkanes) is 5. The molecule has 0 radical (unpaired) electrons. The second-order valence-corrected chi connectivity index (χ2v) is 7.47. The second-order valence-electron chi connectivity index (χ2n) is 6.08. The Balaban J connectivity index is 1.58. The third-order valence-corrected chi connectivity index (χ3v) is 4.91. The fourth-order valence-electron chi connectivity index (χ4n) is 2.65. The molecule has 3 N–H and O–H groups in total. The van der Waals surface area contributed by atoms with Crippen molar-refractivity contribution in [3.05, 3.63) is 18.2 Å². The van der Waals surface area contributed by atoms with E-state index in [0.717, 1.165) is 32.1 Å². The third kappa shape index (κ3) is 5.47. The van der Waals surface area contributed by atoms with Crippen molar-refractivity contribution in [3.8, 4) is 11.8 Å². The Morgan fingerprint density at radius 2 is 1.48 bits per heavy atom. The van der Waals surface area contributed by atoms with Crippen LogP contribution in [0.4, 0.5) is 0 Å². The Kier molecular flexibility index (Phi) is 6.86. The van der Waals surface area contributed by atoms with E-state index in [0.29, 0.717) is 23.8 Å². The van der Waals surface area contributed by atoms with Crippen LogP contribution in [-0.2, 0) is 19.7 Å². The number of aromatic hydroxyl groups is 2. The maximum Gasteiger partial charge on any atom is 0.300 e. The Morgan fingerprint density at radius 1 is 0.926 bits per heavy atom. The number of aromatic nitrogens is 1. The number of hydrogen-bond acceptors (Lipinski definition) is 7. The van der Waals surface area contributed by atoms with Gasteiger partial charge in [-0.1, -0.05) is 19.3 Å². The highest BCUT2D eigenvalue weighted by Gasteiger charge is 2.24. The Hall–Kier alpha value is -2.53. The van der Waals surface area contributed by atoms with Crippen molar-refractivity contribution in [2.45, 2.75) is 43.4 Å². The minimum Gasteiger partial charge on any atom is -0.492 e. The number of imide groups is 1. The normalized spacial score (nSPS) is 14.3. The molecule has 27 heavy (non-hydrogen) atoms. The highest BCUT2D eigenvalue weighted by Crippen LogP contribution is 2.29. The number of amides is 2. The van der Waals surface area contributed by atoms with Crippen molar-refractivity contribution in [2.24, 2.45) is 0 Å². The molecule has 0 unspecified atom stereocenters. The van der Waals surface area contributed by atoms with Gasteiger partial charge in [0.25, 0.3) is 27.8 Å². The standard InChI is InChI=1S/C16H22N2O8S/c19-13-7-8-14(20)17(13)9-5-3-1-2-4-6-10-26-18-15(21)11-12(16(18)22)27(23,24)25/h7-8,11,21-22H,1-6,9-10H2,(H,23,24,25). The summed E-state index contributed by atoms with van der Waals surface area (Å²) in [5, 5.41) is 19.2. The third-order valence-electron chi connectivity index (χ3n) is 4.06. The van der Waals surface area contributed by atoms with Crippen molar-refractivity contribution in [3.63, 3.8) is 0 Å². The zero-order chi connectivity index (χ0) is 20.0. The van der Waals surface area contributed by atoms with Crippen LogP contribution in [0.1, 0.15) is 38.5 Å². The maximum absolute atomic E-state index is 11.4. The van der Waals surface area contributed by atoms with Gasteiger partial charge in [0.1, 0.15) is 6.61 Å². The number of carbonyl (C=O) groups excluding carboxylic acids is 2.